The first kappa shape index (κ1) is 16.6. The number of hydrogen-bond donors (Lipinski definition) is 1. The van der Waals surface area contributed by atoms with E-state index in [1.165, 1.54) is 19.2 Å². The molecular formula is C12H11BrCl2N2O3S. The van der Waals surface area contributed by atoms with E-state index in [9.17, 15) is 8.42 Å². The van der Waals surface area contributed by atoms with Crippen molar-refractivity contribution in [1.82, 2.24) is 4.31 Å². The Kier molecular flexibility index (Phi) is 4.89. The van der Waals surface area contributed by atoms with Gasteiger partial charge in [-0.25, -0.2) is 8.42 Å². The minimum atomic E-state index is -3.86. The van der Waals surface area contributed by atoms with Crippen LogP contribution < -0.4 is 5.73 Å². The first-order chi connectivity index (χ1) is 9.71. The standard InChI is InChI=1S/C12H11BrCl2N2O3S/c1-17(6-8-2-3-11(13)20-8)21(18,19)12-9(15)4-7(14)5-10(12)16/h2-5H,6,16H2,1H3. The molecule has 0 bridgehead atoms. The van der Waals surface area contributed by atoms with Gasteiger partial charge in [0.05, 0.1) is 17.3 Å². The molecule has 0 aliphatic heterocycles. The number of nitrogens with two attached hydrogens (primary N) is 1. The van der Waals surface area contributed by atoms with E-state index in [0.29, 0.717) is 10.4 Å². The van der Waals surface area contributed by atoms with Gasteiger partial charge in [0.15, 0.2) is 4.67 Å². The molecule has 0 unspecified atom stereocenters. The molecule has 0 aliphatic rings. The zero-order chi connectivity index (χ0) is 15.8. The predicted molar refractivity (Wildman–Crippen MR) is 85.9 cm³/mol. The lowest BCUT2D eigenvalue weighted by Gasteiger charge is -2.18. The smallest absolute Gasteiger partial charge is 0.246 e. The fourth-order valence-corrected chi connectivity index (χ4v) is 4.16. The molecule has 2 N–H and O–H groups in total. The molecular weight excluding hydrogens is 403 g/mol. The van der Waals surface area contributed by atoms with Gasteiger partial charge in [0.25, 0.3) is 0 Å². The fraction of sp³-hybridized carbons (Fsp3) is 0.167. The summed E-state index contributed by atoms with van der Waals surface area (Å²) < 4.78 is 32.0. The average Bonchev–Trinajstić information content (AvgIpc) is 2.72. The van der Waals surface area contributed by atoms with Crippen LogP contribution in [0.15, 0.2) is 38.2 Å². The van der Waals surface area contributed by atoms with Crippen molar-refractivity contribution in [3.05, 3.63) is 44.7 Å². The van der Waals surface area contributed by atoms with Crippen LogP contribution in [0.5, 0.6) is 0 Å². The van der Waals surface area contributed by atoms with Crippen LogP contribution in [-0.4, -0.2) is 19.8 Å². The van der Waals surface area contributed by atoms with Crippen LogP contribution in [-0.2, 0) is 16.6 Å². The molecule has 21 heavy (non-hydrogen) atoms. The van der Waals surface area contributed by atoms with Crippen molar-refractivity contribution in [2.45, 2.75) is 11.4 Å². The maximum Gasteiger partial charge on any atom is 0.246 e. The summed E-state index contributed by atoms with van der Waals surface area (Å²) in [5.41, 5.74) is 5.74. The molecule has 5 nitrogen and oxygen atoms in total. The van der Waals surface area contributed by atoms with Crippen molar-refractivity contribution < 1.29 is 12.8 Å². The minimum absolute atomic E-state index is 0.0000227. The molecule has 0 radical (unpaired) electrons. The summed E-state index contributed by atoms with van der Waals surface area (Å²) in [4.78, 5) is -0.165. The molecule has 2 aromatic rings. The molecule has 0 aliphatic carbocycles. The number of nitrogen functional groups attached to an aromatic ring is 1. The second-order valence-electron chi connectivity index (χ2n) is 4.27. The zero-order valence-corrected chi connectivity index (χ0v) is 14.7. The summed E-state index contributed by atoms with van der Waals surface area (Å²) in [5.74, 6) is 0.483. The van der Waals surface area contributed by atoms with E-state index in [2.05, 4.69) is 15.9 Å². The molecule has 0 fully saturated rings. The number of nitrogens with zero attached hydrogens (tertiary/aromatic N) is 1. The Morgan fingerprint density at radius 2 is 2.00 bits per heavy atom. The molecule has 0 atom stereocenters. The molecule has 9 heteroatoms. The summed E-state index contributed by atoms with van der Waals surface area (Å²) in [6, 6.07) is 6.03. The van der Waals surface area contributed by atoms with Crippen molar-refractivity contribution in [1.29, 1.82) is 0 Å². The third-order valence-corrected chi connectivity index (χ3v) is 5.69. The van der Waals surface area contributed by atoms with Crippen molar-refractivity contribution in [2.24, 2.45) is 0 Å². The summed E-state index contributed by atoms with van der Waals surface area (Å²) in [7, 11) is -2.45. The highest BCUT2D eigenvalue weighted by atomic mass is 79.9. The van der Waals surface area contributed by atoms with Gasteiger partial charge in [-0.05, 0) is 40.2 Å². The van der Waals surface area contributed by atoms with Crippen LogP contribution in [0.25, 0.3) is 0 Å². The molecule has 1 aromatic heterocycles. The summed E-state index contributed by atoms with van der Waals surface area (Å²) in [6.07, 6.45) is 0. The second kappa shape index (κ2) is 6.18. The Morgan fingerprint density at radius 3 is 2.52 bits per heavy atom. The van der Waals surface area contributed by atoms with E-state index >= 15 is 0 Å². The maximum atomic E-state index is 12.6. The van der Waals surface area contributed by atoms with Gasteiger partial charge >= 0.3 is 0 Å². The SMILES string of the molecule is CN(Cc1ccc(Br)o1)S(=O)(=O)c1c(N)cc(Cl)cc1Cl. The lowest BCUT2D eigenvalue weighted by atomic mass is 10.3. The van der Waals surface area contributed by atoms with Crippen LogP contribution in [0.4, 0.5) is 5.69 Å². The topological polar surface area (TPSA) is 76.5 Å². The van der Waals surface area contributed by atoms with Gasteiger partial charge in [-0.1, -0.05) is 23.2 Å². The van der Waals surface area contributed by atoms with Crippen LogP contribution in [0.2, 0.25) is 10.0 Å². The maximum absolute atomic E-state index is 12.6. The number of sulfonamides is 1. The number of anilines is 1. The number of rotatable bonds is 4. The predicted octanol–water partition coefficient (Wildman–Crippen LogP) is 3.75. The van der Waals surface area contributed by atoms with E-state index in [1.807, 2.05) is 0 Å². The van der Waals surface area contributed by atoms with Gasteiger partial charge in [0, 0.05) is 12.1 Å². The lowest BCUT2D eigenvalue weighted by molar-refractivity contribution is 0.399. The Hall–Kier alpha value is -0.730. The third kappa shape index (κ3) is 3.54. The second-order valence-corrected chi connectivity index (χ2v) is 7.88. The monoisotopic (exact) mass is 412 g/mol. The Labute approximate surface area is 140 Å². The van der Waals surface area contributed by atoms with Crippen molar-refractivity contribution >= 4 is 54.8 Å². The van der Waals surface area contributed by atoms with Crippen molar-refractivity contribution in [3.8, 4) is 0 Å². The van der Waals surface area contributed by atoms with Gasteiger partial charge in [-0.15, -0.1) is 0 Å². The van der Waals surface area contributed by atoms with E-state index in [0.717, 1.165) is 4.31 Å². The molecule has 0 amide bonds. The normalized spacial score (nSPS) is 12.0. The summed E-state index contributed by atoms with van der Waals surface area (Å²) >= 11 is 14.9. The van der Waals surface area contributed by atoms with Gasteiger partial charge in [0.2, 0.25) is 10.0 Å². The van der Waals surface area contributed by atoms with Crippen molar-refractivity contribution in [2.75, 3.05) is 12.8 Å². The minimum Gasteiger partial charge on any atom is -0.453 e. The summed E-state index contributed by atoms with van der Waals surface area (Å²) in [5, 5.41) is 0.251. The third-order valence-electron chi connectivity index (χ3n) is 2.71. The van der Waals surface area contributed by atoms with E-state index in [4.69, 9.17) is 33.4 Å². The average molecular weight is 414 g/mol. The molecule has 114 valence electrons. The highest BCUT2D eigenvalue weighted by molar-refractivity contribution is 9.10. The first-order valence-electron chi connectivity index (χ1n) is 5.67. The zero-order valence-electron chi connectivity index (χ0n) is 10.8. The highest BCUT2D eigenvalue weighted by Crippen LogP contribution is 2.33. The molecule has 2 rings (SSSR count). The van der Waals surface area contributed by atoms with Crippen molar-refractivity contribution in [3.63, 3.8) is 0 Å². The Balaban J connectivity index is 2.38. The quantitative estimate of drug-likeness (QED) is 0.774. The van der Waals surface area contributed by atoms with Crippen LogP contribution >= 0.6 is 39.1 Å². The fourth-order valence-electron chi connectivity index (χ4n) is 1.75. The van der Waals surface area contributed by atoms with Gasteiger partial charge in [0.1, 0.15) is 10.7 Å². The molecule has 1 heterocycles. The van der Waals surface area contributed by atoms with Gasteiger partial charge < -0.3 is 10.2 Å². The van der Waals surface area contributed by atoms with Crippen LogP contribution in [0, 0.1) is 0 Å². The number of hydrogen-bond acceptors (Lipinski definition) is 4. The van der Waals surface area contributed by atoms with Crippen LogP contribution in [0.1, 0.15) is 5.76 Å². The Morgan fingerprint density at radius 1 is 1.33 bits per heavy atom. The molecule has 0 saturated carbocycles. The van der Waals surface area contributed by atoms with Crippen LogP contribution in [0.3, 0.4) is 0 Å². The number of halogens is 3. The van der Waals surface area contributed by atoms with E-state index < -0.39 is 10.0 Å². The summed E-state index contributed by atoms with van der Waals surface area (Å²) in [6.45, 7) is 0.0479. The molecule has 1 aromatic carbocycles. The largest absolute Gasteiger partial charge is 0.453 e. The van der Waals surface area contributed by atoms with E-state index in [-0.39, 0.29) is 27.2 Å². The molecule has 0 spiro atoms. The first-order valence-corrected chi connectivity index (χ1v) is 8.66. The highest BCUT2D eigenvalue weighted by Gasteiger charge is 2.27. The Bertz CT molecular complexity index is 754. The number of benzene rings is 1. The number of furan rings is 1. The van der Waals surface area contributed by atoms with Gasteiger partial charge in [-0.3, -0.25) is 0 Å². The molecule has 0 saturated heterocycles. The van der Waals surface area contributed by atoms with E-state index in [1.54, 1.807) is 12.1 Å². The van der Waals surface area contributed by atoms with Gasteiger partial charge in [-0.2, -0.15) is 4.31 Å². The lowest BCUT2D eigenvalue weighted by Crippen LogP contribution is -2.27.